The number of likely N-dealkylation sites (tertiary alicyclic amines) is 1. The highest BCUT2D eigenvalue weighted by Gasteiger charge is 2.45. The number of aromatic nitrogens is 2. The van der Waals surface area contributed by atoms with E-state index in [2.05, 4.69) is 21.5 Å². The average molecular weight is 304 g/mol. The normalized spacial score (nSPS) is 31.4. The lowest BCUT2D eigenvalue weighted by atomic mass is 10.1. The molecule has 3 aliphatic rings. The van der Waals surface area contributed by atoms with E-state index < -0.39 is 0 Å². The number of nitrogens with one attached hydrogen (secondary N) is 1. The summed E-state index contributed by atoms with van der Waals surface area (Å²) >= 11 is 0. The third kappa shape index (κ3) is 2.90. The lowest BCUT2D eigenvalue weighted by Crippen LogP contribution is -2.37. The number of amides is 1. The molecule has 0 radical (unpaired) electrons. The molecule has 22 heavy (non-hydrogen) atoms. The lowest BCUT2D eigenvalue weighted by molar-refractivity contribution is -0.132. The summed E-state index contributed by atoms with van der Waals surface area (Å²) in [6.45, 7) is 2.77. The van der Waals surface area contributed by atoms with Gasteiger partial charge in [0.1, 0.15) is 6.10 Å². The molecule has 0 unspecified atom stereocenters. The Morgan fingerprint density at radius 2 is 2.32 bits per heavy atom. The molecule has 6 nitrogen and oxygen atoms in total. The van der Waals surface area contributed by atoms with Crippen molar-refractivity contribution >= 4 is 5.91 Å². The van der Waals surface area contributed by atoms with Crippen LogP contribution in [0.5, 0.6) is 0 Å². The van der Waals surface area contributed by atoms with Crippen LogP contribution in [-0.2, 0) is 23.1 Å². The minimum Gasteiger partial charge on any atom is -0.363 e. The van der Waals surface area contributed by atoms with Crippen molar-refractivity contribution in [2.24, 2.45) is 13.0 Å². The maximum absolute atomic E-state index is 12.2. The minimum atomic E-state index is -0.259. The first-order valence-corrected chi connectivity index (χ1v) is 8.34. The van der Waals surface area contributed by atoms with Gasteiger partial charge in [-0.15, -0.1) is 0 Å². The molecule has 3 fully saturated rings. The summed E-state index contributed by atoms with van der Waals surface area (Å²) < 4.78 is 7.83. The van der Waals surface area contributed by atoms with Gasteiger partial charge < -0.3 is 10.1 Å². The molecule has 4 rings (SSSR count). The second kappa shape index (κ2) is 5.66. The van der Waals surface area contributed by atoms with Crippen LogP contribution >= 0.6 is 0 Å². The van der Waals surface area contributed by atoms with Gasteiger partial charge in [-0.1, -0.05) is 0 Å². The van der Waals surface area contributed by atoms with Gasteiger partial charge in [0, 0.05) is 50.9 Å². The first kappa shape index (κ1) is 14.2. The summed E-state index contributed by atoms with van der Waals surface area (Å²) in [6.07, 6.45) is 8.30. The standard InChI is InChI=1S/C16H24N4O2/c1-19-9-12(8-18-19)10-20-5-4-14-13(20)6-15(22-14)16(21)17-7-11-2-3-11/h8-9,11,13-15H,2-7,10H2,1H3,(H,17,21)/t13-,14-,15+/m0/s1. The summed E-state index contributed by atoms with van der Waals surface area (Å²) in [7, 11) is 1.94. The van der Waals surface area contributed by atoms with Gasteiger partial charge >= 0.3 is 0 Å². The largest absolute Gasteiger partial charge is 0.363 e. The maximum Gasteiger partial charge on any atom is 0.249 e. The van der Waals surface area contributed by atoms with E-state index in [9.17, 15) is 4.79 Å². The fourth-order valence-electron chi connectivity index (χ4n) is 3.67. The number of aryl methyl sites for hydroxylation is 1. The van der Waals surface area contributed by atoms with Crippen molar-refractivity contribution in [1.82, 2.24) is 20.0 Å². The van der Waals surface area contributed by atoms with Crippen LogP contribution in [0.15, 0.2) is 12.4 Å². The highest BCUT2D eigenvalue weighted by atomic mass is 16.5. The Morgan fingerprint density at radius 3 is 3.05 bits per heavy atom. The highest BCUT2D eigenvalue weighted by Crippen LogP contribution is 2.34. The quantitative estimate of drug-likeness (QED) is 0.869. The molecule has 0 bridgehead atoms. The smallest absolute Gasteiger partial charge is 0.249 e. The molecular formula is C16H24N4O2. The van der Waals surface area contributed by atoms with Crippen LogP contribution in [0.25, 0.3) is 0 Å². The molecule has 1 aliphatic carbocycles. The fourth-order valence-corrected chi connectivity index (χ4v) is 3.67. The molecule has 2 saturated heterocycles. The van der Waals surface area contributed by atoms with E-state index in [1.165, 1.54) is 18.4 Å². The predicted octanol–water partition coefficient (Wildman–Crippen LogP) is 0.678. The van der Waals surface area contributed by atoms with E-state index in [0.29, 0.717) is 12.0 Å². The molecule has 1 amide bonds. The summed E-state index contributed by atoms with van der Waals surface area (Å²) in [4.78, 5) is 14.6. The molecule has 0 aromatic carbocycles. The van der Waals surface area contributed by atoms with Gasteiger partial charge in [-0.2, -0.15) is 5.10 Å². The molecule has 2 aliphatic heterocycles. The van der Waals surface area contributed by atoms with Gasteiger partial charge in [0.15, 0.2) is 0 Å². The van der Waals surface area contributed by atoms with Gasteiger partial charge in [-0.25, -0.2) is 0 Å². The second-order valence-corrected chi connectivity index (χ2v) is 6.94. The topological polar surface area (TPSA) is 59.4 Å². The summed E-state index contributed by atoms with van der Waals surface area (Å²) in [6, 6.07) is 0.372. The molecule has 1 saturated carbocycles. The van der Waals surface area contributed by atoms with Gasteiger partial charge in [-0.05, 0) is 25.2 Å². The molecule has 0 spiro atoms. The van der Waals surface area contributed by atoms with E-state index in [4.69, 9.17) is 4.74 Å². The summed E-state index contributed by atoms with van der Waals surface area (Å²) in [5.74, 6) is 0.801. The molecule has 6 heteroatoms. The van der Waals surface area contributed by atoms with Crippen LogP contribution in [0.2, 0.25) is 0 Å². The van der Waals surface area contributed by atoms with Gasteiger partial charge in [0.25, 0.3) is 0 Å². The second-order valence-electron chi connectivity index (χ2n) is 6.94. The Morgan fingerprint density at radius 1 is 1.45 bits per heavy atom. The Kier molecular flexibility index (Phi) is 3.66. The molecule has 120 valence electrons. The highest BCUT2D eigenvalue weighted by molar-refractivity contribution is 5.81. The lowest BCUT2D eigenvalue weighted by Gasteiger charge is -2.21. The Hall–Kier alpha value is -1.40. The van der Waals surface area contributed by atoms with Crippen LogP contribution in [-0.4, -0.2) is 51.9 Å². The van der Waals surface area contributed by atoms with E-state index in [-0.39, 0.29) is 18.1 Å². The summed E-state index contributed by atoms with van der Waals surface area (Å²) in [5, 5.41) is 7.28. The zero-order chi connectivity index (χ0) is 15.1. The van der Waals surface area contributed by atoms with Gasteiger partial charge in [0.2, 0.25) is 5.91 Å². The fraction of sp³-hybridized carbons (Fsp3) is 0.750. The van der Waals surface area contributed by atoms with Crippen molar-refractivity contribution in [3.8, 4) is 0 Å². The number of fused-ring (bicyclic) bond motifs is 1. The third-order valence-electron chi connectivity index (χ3n) is 5.09. The average Bonchev–Trinajstić information content (AvgIpc) is 2.90. The zero-order valence-electron chi connectivity index (χ0n) is 13.1. The summed E-state index contributed by atoms with van der Waals surface area (Å²) in [5.41, 5.74) is 1.23. The van der Waals surface area contributed by atoms with Crippen LogP contribution in [0.4, 0.5) is 0 Å². The Bertz CT molecular complexity index is 554. The van der Waals surface area contributed by atoms with Crippen LogP contribution in [0, 0.1) is 5.92 Å². The molecule has 1 aromatic rings. The van der Waals surface area contributed by atoms with E-state index >= 15 is 0 Å². The van der Waals surface area contributed by atoms with Crippen molar-refractivity contribution < 1.29 is 9.53 Å². The third-order valence-corrected chi connectivity index (χ3v) is 5.09. The molecule has 1 aromatic heterocycles. The van der Waals surface area contributed by atoms with Crippen LogP contribution < -0.4 is 5.32 Å². The van der Waals surface area contributed by atoms with E-state index in [1.807, 2.05) is 17.9 Å². The van der Waals surface area contributed by atoms with Gasteiger partial charge in [0.05, 0.1) is 12.3 Å². The minimum absolute atomic E-state index is 0.0858. The molecule has 3 heterocycles. The number of carbonyl (C=O) groups is 1. The predicted molar refractivity (Wildman–Crippen MR) is 81.0 cm³/mol. The Labute approximate surface area is 130 Å². The van der Waals surface area contributed by atoms with Crippen molar-refractivity contribution in [1.29, 1.82) is 0 Å². The van der Waals surface area contributed by atoms with Crippen molar-refractivity contribution in [2.75, 3.05) is 13.1 Å². The van der Waals surface area contributed by atoms with E-state index in [0.717, 1.165) is 32.5 Å². The molecule has 1 N–H and O–H groups in total. The van der Waals surface area contributed by atoms with Gasteiger partial charge in [-0.3, -0.25) is 14.4 Å². The number of nitrogens with zero attached hydrogens (tertiary/aromatic N) is 3. The van der Waals surface area contributed by atoms with Crippen molar-refractivity contribution in [3.05, 3.63) is 18.0 Å². The number of hydrogen-bond acceptors (Lipinski definition) is 4. The SMILES string of the molecule is Cn1cc(CN2CC[C@@H]3O[C@@H](C(=O)NCC4CC4)C[C@@H]32)cn1. The van der Waals surface area contributed by atoms with E-state index in [1.54, 1.807) is 0 Å². The molecular weight excluding hydrogens is 280 g/mol. The number of hydrogen-bond donors (Lipinski definition) is 1. The maximum atomic E-state index is 12.2. The number of rotatable bonds is 5. The first-order chi connectivity index (χ1) is 10.7. The van der Waals surface area contributed by atoms with Crippen molar-refractivity contribution in [3.63, 3.8) is 0 Å². The van der Waals surface area contributed by atoms with Crippen LogP contribution in [0.1, 0.15) is 31.2 Å². The Balaban J connectivity index is 1.33. The molecule has 3 atom stereocenters. The first-order valence-electron chi connectivity index (χ1n) is 8.34. The van der Waals surface area contributed by atoms with Crippen LogP contribution in [0.3, 0.4) is 0 Å². The zero-order valence-corrected chi connectivity index (χ0v) is 13.1. The monoisotopic (exact) mass is 304 g/mol. The number of ether oxygens (including phenoxy) is 1. The number of carbonyl (C=O) groups excluding carboxylic acids is 1. The van der Waals surface area contributed by atoms with Crippen molar-refractivity contribution in [2.45, 2.75) is 50.5 Å².